The summed E-state index contributed by atoms with van der Waals surface area (Å²) in [5.41, 5.74) is 10.9. The first-order chi connectivity index (χ1) is 15.2. The van der Waals surface area contributed by atoms with Gasteiger partial charge in [0.1, 0.15) is 11.6 Å². The molecule has 1 aromatic heterocycles. The van der Waals surface area contributed by atoms with Crippen molar-refractivity contribution in [3.8, 4) is 17.0 Å². The number of carbonyl (C=O) groups excluding carboxylic acids is 1. The second-order valence-electron chi connectivity index (χ2n) is 10.8. The summed E-state index contributed by atoms with van der Waals surface area (Å²) in [5.74, 6) is -0.420. The first kappa shape index (κ1) is 24.6. The Hall–Kier alpha value is -3.08. The van der Waals surface area contributed by atoms with E-state index in [1.165, 1.54) is 12.1 Å². The summed E-state index contributed by atoms with van der Waals surface area (Å²) >= 11 is 0. The van der Waals surface area contributed by atoms with E-state index in [9.17, 15) is 14.3 Å². The van der Waals surface area contributed by atoms with Gasteiger partial charge in [-0.1, -0.05) is 53.7 Å². The van der Waals surface area contributed by atoms with Gasteiger partial charge in [-0.05, 0) is 65.6 Å². The van der Waals surface area contributed by atoms with Crippen molar-refractivity contribution >= 4 is 5.91 Å². The van der Waals surface area contributed by atoms with Crippen LogP contribution in [0.4, 0.5) is 4.39 Å². The van der Waals surface area contributed by atoms with Crippen LogP contribution in [0.25, 0.3) is 11.3 Å². The van der Waals surface area contributed by atoms with Gasteiger partial charge < -0.3 is 15.4 Å². The third-order valence-electron chi connectivity index (χ3n) is 6.19. The van der Waals surface area contributed by atoms with E-state index < -0.39 is 5.91 Å². The minimum absolute atomic E-state index is 0.263. The van der Waals surface area contributed by atoms with E-state index in [4.69, 9.17) is 5.73 Å². The smallest absolute Gasteiger partial charge is 0.250 e. The number of phenols is 1. The molecule has 4 nitrogen and oxygen atoms in total. The van der Waals surface area contributed by atoms with Gasteiger partial charge in [0.2, 0.25) is 0 Å². The Morgan fingerprint density at radius 2 is 1.48 bits per heavy atom. The van der Waals surface area contributed by atoms with Crippen LogP contribution in [0.1, 0.15) is 74.3 Å². The molecule has 2 aromatic carbocycles. The Labute approximate surface area is 196 Å². The molecule has 0 unspecified atom stereocenters. The summed E-state index contributed by atoms with van der Waals surface area (Å²) in [6.45, 7) is 15.0. The van der Waals surface area contributed by atoms with Crippen LogP contribution in [0.5, 0.6) is 5.75 Å². The standard InChI is InChI=1S/C28H35FN2O2/c1-17-21(26(30)33)16-24(31(17)13-12-18-8-10-20(29)11-9-18)19-14-22(27(2,3)4)25(32)23(15-19)28(5,6)7/h8-11,14-16,32H,12-13H2,1-7H3,(H2,30,33). The molecule has 0 fully saturated rings. The average molecular weight is 451 g/mol. The van der Waals surface area contributed by atoms with E-state index >= 15 is 0 Å². The molecule has 0 saturated heterocycles. The molecule has 33 heavy (non-hydrogen) atoms. The Balaban J connectivity index is 2.19. The number of halogens is 1. The summed E-state index contributed by atoms with van der Waals surface area (Å²) in [5, 5.41) is 11.1. The molecule has 176 valence electrons. The molecule has 3 rings (SSSR count). The Morgan fingerprint density at radius 3 is 1.94 bits per heavy atom. The van der Waals surface area contributed by atoms with Gasteiger partial charge in [0.05, 0.1) is 5.56 Å². The monoisotopic (exact) mass is 450 g/mol. The van der Waals surface area contributed by atoms with Crippen LogP contribution in [0.15, 0.2) is 42.5 Å². The molecule has 0 bridgehead atoms. The number of phenolic OH excluding ortho intramolecular Hbond substituents is 1. The summed E-state index contributed by atoms with van der Waals surface area (Å²) in [7, 11) is 0. The number of aromatic hydroxyl groups is 1. The molecule has 0 aliphatic carbocycles. The third kappa shape index (κ3) is 5.13. The SMILES string of the molecule is Cc1c(C(N)=O)cc(-c2cc(C(C)(C)C)c(O)c(C(C)(C)C)c2)n1CCc1ccc(F)cc1. The van der Waals surface area contributed by atoms with E-state index in [0.717, 1.165) is 33.6 Å². The highest BCUT2D eigenvalue weighted by Crippen LogP contribution is 2.42. The van der Waals surface area contributed by atoms with Gasteiger partial charge in [-0.15, -0.1) is 0 Å². The van der Waals surface area contributed by atoms with Crippen molar-refractivity contribution < 1.29 is 14.3 Å². The Bertz CT molecular complexity index is 1140. The van der Waals surface area contributed by atoms with E-state index in [2.05, 4.69) is 46.1 Å². The van der Waals surface area contributed by atoms with Gasteiger partial charge in [0, 0.05) is 29.1 Å². The quantitative estimate of drug-likeness (QED) is 0.483. The lowest BCUT2D eigenvalue weighted by Gasteiger charge is -2.28. The van der Waals surface area contributed by atoms with Crippen LogP contribution in [-0.2, 0) is 23.8 Å². The first-order valence-corrected chi connectivity index (χ1v) is 11.3. The maximum Gasteiger partial charge on any atom is 0.250 e. The van der Waals surface area contributed by atoms with Crippen molar-refractivity contribution in [3.63, 3.8) is 0 Å². The molecule has 3 N–H and O–H groups in total. The maximum atomic E-state index is 13.3. The molecule has 1 heterocycles. The number of hydrogen-bond donors (Lipinski definition) is 2. The summed E-state index contributed by atoms with van der Waals surface area (Å²) < 4.78 is 15.4. The fourth-order valence-electron chi connectivity index (χ4n) is 4.24. The van der Waals surface area contributed by atoms with E-state index in [1.807, 2.05) is 25.1 Å². The summed E-state index contributed by atoms with van der Waals surface area (Å²) in [6, 6.07) is 12.3. The van der Waals surface area contributed by atoms with E-state index in [1.54, 1.807) is 12.1 Å². The van der Waals surface area contributed by atoms with Crippen molar-refractivity contribution in [2.75, 3.05) is 0 Å². The Morgan fingerprint density at radius 1 is 0.970 bits per heavy atom. The fraction of sp³-hybridized carbons (Fsp3) is 0.393. The summed E-state index contributed by atoms with van der Waals surface area (Å²) in [4.78, 5) is 12.2. The number of hydrogen-bond acceptors (Lipinski definition) is 2. The average Bonchev–Trinajstić information content (AvgIpc) is 3.02. The largest absolute Gasteiger partial charge is 0.507 e. The van der Waals surface area contributed by atoms with Crippen LogP contribution in [0.2, 0.25) is 0 Å². The van der Waals surface area contributed by atoms with Gasteiger partial charge in [-0.25, -0.2) is 4.39 Å². The van der Waals surface area contributed by atoms with Gasteiger partial charge in [-0.2, -0.15) is 0 Å². The van der Waals surface area contributed by atoms with E-state index in [0.29, 0.717) is 24.3 Å². The number of primary amides is 1. The molecular formula is C28H35FN2O2. The lowest BCUT2D eigenvalue weighted by Crippen LogP contribution is -2.17. The molecule has 0 aliphatic rings. The van der Waals surface area contributed by atoms with Gasteiger partial charge in [0.25, 0.3) is 5.91 Å². The van der Waals surface area contributed by atoms with Crippen molar-refractivity contribution in [1.29, 1.82) is 0 Å². The highest BCUT2D eigenvalue weighted by Gasteiger charge is 2.28. The second kappa shape index (κ2) is 8.69. The van der Waals surface area contributed by atoms with Crippen LogP contribution >= 0.6 is 0 Å². The highest BCUT2D eigenvalue weighted by atomic mass is 19.1. The number of aryl methyl sites for hydroxylation is 1. The number of benzene rings is 2. The summed E-state index contributed by atoms with van der Waals surface area (Å²) in [6.07, 6.45) is 0.678. The van der Waals surface area contributed by atoms with Crippen LogP contribution < -0.4 is 5.73 Å². The van der Waals surface area contributed by atoms with Crippen LogP contribution in [0, 0.1) is 12.7 Å². The lowest BCUT2D eigenvalue weighted by atomic mass is 9.78. The molecule has 0 aliphatic heterocycles. The number of amides is 1. The Kier molecular flexibility index (Phi) is 6.47. The van der Waals surface area contributed by atoms with Gasteiger partial charge in [0.15, 0.2) is 0 Å². The third-order valence-corrected chi connectivity index (χ3v) is 6.19. The number of rotatable bonds is 5. The molecular weight excluding hydrogens is 415 g/mol. The molecule has 3 aromatic rings. The molecule has 0 spiro atoms. The normalized spacial score (nSPS) is 12.2. The molecule has 0 atom stereocenters. The van der Waals surface area contributed by atoms with Crippen LogP contribution in [-0.4, -0.2) is 15.6 Å². The predicted octanol–water partition coefficient (Wildman–Crippen LogP) is 6.24. The zero-order valence-corrected chi connectivity index (χ0v) is 20.7. The van der Waals surface area contributed by atoms with Crippen molar-refractivity contribution in [2.45, 2.75) is 72.3 Å². The molecule has 0 radical (unpaired) electrons. The number of carbonyl (C=O) groups is 1. The van der Waals surface area contributed by atoms with Crippen molar-refractivity contribution in [2.24, 2.45) is 5.73 Å². The molecule has 0 saturated carbocycles. The second-order valence-corrected chi connectivity index (χ2v) is 10.8. The van der Waals surface area contributed by atoms with Crippen molar-refractivity contribution in [3.05, 3.63) is 76.2 Å². The number of aromatic nitrogens is 1. The zero-order chi connectivity index (χ0) is 24.7. The number of nitrogens with two attached hydrogens (primary N) is 1. The predicted molar refractivity (Wildman–Crippen MR) is 132 cm³/mol. The van der Waals surface area contributed by atoms with Gasteiger partial charge in [-0.3, -0.25) is 4.79 Å². The minimum Gasteiger partial charge on any atom is -0.507 e. The number of nitrogens with zero attached hydrogens (tertiary/aromatic N) is 1. The fourth-order valence-corrected chi connectivity index (χ4v) is 4.24. The highest BCUT2D eigenvalue weighted by molar-refractivity contribution is 5.95. The first-order valence-electron chi connectivity index (χ1n) is 11.3. The van der Waals surface area contributed by atoms with Gasteiger partial charge >= 0.3 is 0 Å². The van der Waals surface area contributed by atoms with Crippen LogP contribution in [0.3, 0.4) is 0 Å². The van der Waals surface area contributed by atoms with Crippen molar-refractivity contribution in [1.82, 2.24) is 4.57 Å². The molecule has 1 amide bonds. The topological polar surface area (TPSA) is 68.2 Å². The molecule has 5 heteroatoms. The minimum atomic E-state index is -0.472. The van der Waals surface area contributed by atoms with E-state index in [-0.39, 0.29) is 16.6 Å². The maximum absolute atomic E-state index is 13.3. The zero-order valence-electron chi connectivity index (χ0n) is 20.7. The lowest BCUT2D eigenvalue weighted by molar-refractivity contribution is 0.0999.